The molecule has 0 aromatic heterocycles. The maximum Gasteiger partial charge on any atom is 0.265 e. The molecule has 4 heteroatoms. The smallest absolute Gasteiger partial charge is 0.265 e. The molecule has 2 rings (SSSR count). The molecule has 0 aliphatic carbocycles. The average molecular weight is 248 g/mol. The number of fused-ring (bicyclic) bond motifs is 1. The molecule has 2 unspecified atom stereocenters. The summed E-state index contributed by atoms with van der Waals surface area (Å²) in [5.74, 6) is 1.18. The van der Waals surface area contributed by atoms with Crippen molar-refractivity contribution in [2.75, 3.05) is 11.9 Å². The molecule has 1 aliphatic heterocycles. The fraction of sp³-hybridized carbons (Fsp3) is 0.500. The Labute approximate surface area is 108 Å². The van der Waals surface area contributed by atoms with Gasteiger partial charge in [-0.2, -0.15) is 0 Å². The number of rotatable bonds is 4. The van der Waals surface area contributed by atoms with Gasteiger partial charge in [0.25, 0.3) is 5.91 Å². The summed E-state index contributed by atoms with van der Waals surface area (Å²) in [4.78, 5) is 11.5. The minimum atomic E-state index is -0.416. The first kappa shape index (κ1) is 12.9. The van der Waals surface area contributed by atoms with E-state index in [2.05, 4.69) is 12.2 Å². The fourth-order valence-corrected chi connectivity index (χ4v) is 1.94. The predicted octanol–water partition coefficient (Wildman–Crippen LogP) is 1.93. The third-order valence-corrected chi connectivity index (χ3v) is 3.30. The Kier molecular flexibility index (Phi) is 3.87. The molecule has 1 heterocycles. The minimum absolute atomic E-state index is 0.0880. The van der Waals surface area contributed by atoms with Gasteiger partial charge in [0.05, 0.1) is 5.69 Å². The van der Waals surface area contributed by atoms with E-state index in [4.69, 9.17) is 10.5 Å². The highest BCUT2D eigenvalue weighted by atomic mass is 16.5. The summed E-state index contributed by atoms with van der Waals surface area (Å²) in [7, 11) is 0. The summed E-state index contributed by atoms with van der Waals surface area (Å²) >= 11 is 0. The van der Waals surface area contributed by atoms with Crippen molar-refractivity contribution in [1.29, 1.82) is 0 Å². The van der Waals surface area contributed by atoms with Crippen molar-refractivity contribution in [1.82, 2.24) is 0 Å². The van der Waals surface area contributed by atoms with Gasteiger partial charge in [-0.25, -0.2) is 0 Å². The van der Waals surface area contributed by atoms with Crippen LogP contribution in [0.5, 0.6) is 5.75 Å². The zero-order chi connectivity index (χ0) is 13.1. The standard InChI is InChI=1S/C14H20N2O2/c1-9(8-15)3-4-11-5-6-13-12(7-11)16-14(17)10(2)18-13/h5-7,9-10H,3-4,8,15H2,1-2H3,(H,16,17). The molecule has 4 nitrogen and oxygen atoms in total. The van der Waals surface area contributed by atoms with Crippen LogP contribution >= 0.6 is 0 Å². The number of nitrogens with two attached hydrogens (primary N) is 1. The normalized spacial score (nSPS) is 19.7. The molecule has 18 heavy (non-hydrogen) atoms. The molecular weight excluding hydrogens is 228 g/mol. The number of hydrogen-bond acceptors (Lipinski definition) is 3. The van der Waals surface area contributed by atoms with Crippen LogP contribution in [0.25, 0.3) is 0 Å². The zero-order valence-electron chi connectivity index (χ0n) is 10.9. The highest BCUT2D eigenvalue weighted by Gasteiger charge is 2.23. The number of anilines is 1. The van der Waals surface area contributed by atoms with E-state index in [1.165, 1.54) is 5.56 Å². The first-order chi connectivity index (χ1) is 8.60. The highest BCUT2D eigenvalue weighted by molar-refractivity contribution is 5.97. The third kappa shape index (κ3) is 2.82. The summed E-state index contributed by atoms with van der Waals surface area (Å²) in [6.07, 6.45) is 1.61. The molecule has 0 fully saturated rings. The Hall–Kier alpha value is -1.55. The van der Waals surface area contributed by atoms with Gasteiger partial charge in [0, 0.05) is 0 Å². The van der Waals surface area contributed by atoms with Crippen molar-refractivity contribution in [3.05, 3.63) is 23.8 Å². The lowest BCUT2D eigenvalue weighted by Crippen LogP contribution is -2.34. The lowest BCUT2D eigenvalue weighted by atomic mass is 10.0. The van der Waals surface area contributed by atoms with Crippen molar-refractivity contribution in [2.45, 2.75) is 32.8 Å². The number of ether oxygens (including phenoxy) is 1. The molecule has 1 aromatic carbocycles. The van der Waals surface area contributed by atoms with Gasteiger partial charge in [-0.05, 0) is 49.9 Å². The Morgan fingerprint density at radius 2 is 2.28 bits per heavy atom. The molecular formula is C14H20N2O2. The summed E-state index contributed by atoms with van der Waals surface area (Å²) in [6.45, 7) is 4.60. The van der Waals surface area contributed by atoms with Crippen LogP contribution in [0.4, 0.5) is 5.69 Å². The van der Waals surface area contributed by atoms with E-state index in [9.17, 15) is 4.79 Å². The van der Waals surface area contributed by atoms with Crippen LogP contribution in [0, 0.1) is 5.92 Å². The molecule has 1 aliphatic rings. The Morgan fingerprint density at radius 1 is 1.50 bits per heavy atom. The molecule has 0 spiro atoms. The maximum atomic E-state index is 11.5. The minimum Gasteiger partial charge on any atom is -0.479 e. The highest BCUT2D eigenvalue weighted by Crippen LogP contribution is 2.30. The van der Waals surface area contributed by atoms with Crippen LogP contribution in [0.2, 0.25) is 0 Å². The molecule has 1 amide bonds. The summed E-state index contributed by atoms with van der Waals surface area (Å²) in [6, 6.07) is 5.96. The van der Waals surface area contributed by atoms with E-state index >= 15 is 0 Å². The van der Waals surface area contributed by atoms with E-state index in [0.29, 0.717) is 12.5 Å². The van der Waals surface area contributed by atoms with Gasteiger partial charge in [-0.15, -0.1) is 0 Å². The zero-order valence-corrected chi connectivity index (χ0v) is 10.9. The van der Waals surface area contributed by atoms with Gasteiger partial charge in [0.1, 0.15) is 5.75 Å². The van der Waals surface area contributed by atoms with Crippen LogP contribution < -0.4 is 15.8 Å². The van der Waals surface area contributed by atoms with Crippen LogP contribution in [0.1, 0.15) is 25.8 Å². The Bertz CT molecular complexity index is 445. The van der Waals surface area contributed by atoms with Gasteiger partial charge in [0.15, 0.2) is 6.10 Å². The van der Waals surface area contributed by atoms with Crippen LogP contribution in [0.15, 0.2) is 18.2 Å². The van der Waals surface area contributed by atoms with E-state index < -0.39 is 6.10 Å². The van der Waals surface area contributed by atoms with Crippen LogP contribution in [-0.4, -0.2) is 18.6 Å². The second-order valence-corrected chi connectivity index (χ2v) is 4.96. The van der Waals surface area contributed by atoms with Crippen molar-refractivity contribution in [3.63, 3.8) is 0 Å². The number of amides is 1. The fourth-order valence-electron chi connectivity index (χ4n) is 1.94. The van der Waals surface area contributed by atoms with E-state index in [1.54, 1.807) is 6.92 Å². The number of benzene rings is 1. The quantitative estimate of drug-likeness (QED) is 0.855. The molecule has 0 saturated carbocycles. The second-order valence-electron chi connectivity index (χ2n) is 4.96. The van der Waals surface area contributed by atoms with Gasteiger partial charge in [-0.3, -0.25) is 4.79 Å². The number of aryl methyl sites for hydroxylation is 1. The van der Waals surface area contributed by atoms with E-state index in [1.807, 2.05) is 18.2 Å². The van der Waals surface area contributed by atoms with Gasteiger partial charge in [0.2, 0.25) is 0 Å². The molecule has 2 atom stereocenters. The van der Waals surface area contributed by atoms with Crippen molar-refractivity contribution in [3.8, 4) is 5.75 Å². The average Bonchev–Trinajstić information content (AvgIpc) is 2.37. The van der Waals surface area contributed by atoms with Crippen LogP contribution in [0.3, 0.4) is 0 Å². The molecule has 0 saturated heterocycles. The van der Waals surface area contributed by atoms with Crippen molar-refractivity contribution < 1.29 is 9.53 Å². The number of hydrogen-bond donors (Lipinski definition) is 2. The van der Waals surface area contributed by atoms with Crippen LogP contribution in [-0.2, 0) is 11.2 Å². The molecule has 0 bridgehead atoms. The lowest BCUT2D eigenvalue weighted by molar-refractivity contribution is -0.122. The largest absolute Gasteiger partial charge is 0.479 e. The summed E-state index contributed by atoms with van der Waals surface area (Å²) < 4.78 is 5.51. The first-order valence-electron chi connectivity index (χ1n) is 6.40. The predicted molar refractivity (Wildman–Crippen MR) is 71.7 cm³/mol. The Morgan fingerprint density at radius 3 is 3.00 bits per heavy atom. The van der Waals surface area contributed by atoms with E-state index in [0.717, 1.165) is 24.3 Å². The maximum absolute atomic E-state index is 11.5. The number of nitrogens with one attached hydrogen (secondary N) is 1. The summed E-state index contributed by atoms with van der Waals surface area (Å²) in [5, 5.41) is 2.86. The topological polar surface area (TPSA) is 64.3 Å². The van der Waals surface area contributed by atoms with Crippen molar-refractivity contribution >= 4 is 11.6 Å². The number of carbonyl (C=O) groups excluding carboxylic acids is 1. The van der Waals surface area contributed by atoms with Gasteiger partial charge < -0.3 is 15.8 Å². The molecule has 98 valence electrons. The molecule has 3 N–H and O–H groups in total. The first-order valence-corrected chi connectivity index (χ1v) is 6.40. The Balaban J connectivity index is 2.08. The summed E-state index contributed by atoms with van der Waals surface area (Å²) in [5.41, 5.74) is 7.58. The van der Waals surface area contributed by atoms with E-state index in [-0.39, 0.29) is 5.91 Å². The third-order valence-electron chi connectivity index (χ3n) is 3.30. The molecule has 0 radical (unpaired) electrons. The van der Waals surface area contributed by atoms with Crippen molar-refractivity contribution in [2.24, 2.45) is 11.7 Å². The SMILES string of the molecule is CC(CN)CCc1ccc2c(c1)NC(=O)C(C)O2. The monoisotopic (exact) mass is 248 g/mol. The second kappa shape index (κ2) is 5.40. The van der Waals surface area contributed by atoms with Gasteiger partial charge >= 0.3 is 0 Å². The number of carbonyl (C=O) groups is 1. The lowest BCUT2D eigenvalue weighted by Gasteiger charge is -2.23. The van der Waals surface area contributed by atoms with Gasteiger partial charge in [-0.1, -0.05) is 13.0 Å². The molecule has 1 aromatic rings.